The highest BCUT2D eigenvalue weighted by molar-refractivity contribution is 5.71. The Morgan fingerprint density at radius 1 is 0.288 bits per heavy atom. The lowest BCUT2D eigenvalue weighted by Crippen LogP contribution is -2.30. The lowest BCUT2D eigenvalue weighted by atomic mass is 10.1. The Morgan fingerprint density at radius 3 is 0.849 bits per heavy atom. The maximum absolute atomic E-state index is 12.8. The molecule has 0 saturated heterocycles. The third-order valence-corrected chi connectivity index (χ3v) is 12.1. The summed E-state index contributed by atoms with van der Waals surface area (Å²) in [5.74, 6) is -0.938. The lowest BCUT2D eigenvalue weighted by molar-refractivity contribution is -0.167. The average Bonchev–Trinajstić information content (AvgIpc) is 3.39. The number of unbranched alkanes of at least 4 members (excludes halogenated alkanes) is 19. The number of hydrogen-bond acceptors (Lipinski definition) is 6. The molecule has 6 heteroatoms. The predicted octanol–water partition coefficient (Wildman–Crippen LogP) is 20.2. The van der Waals surface area contributed by atoms with E-state index in [-0.39, 0.29) is 31.1 Å². The molecule has 0 amide bonds. The Morgan fingerprint density at radius 2 is 0.534 bits per heavy atom. The summed E-state index contributed by atoms with van der Waals surface area (Å²) in [5.41, 5.74) is 0. The van der Waals surface area contributed by atoms with E-state index in [0.717, 1.165) is 161 Å². The van der Waals surface area contributed by atoms with Crippen LogP contribution in [0.1, 0.15) is 252 Å². The van der Waals surface area contributed by atoms with E-state index >= 15 is 0 Å². The van der Waals surface area contributed by atoms with E-state index in [1.54, 1.807) is 0 Å². The topological polar surface area (TPSA) is 78.9 Å². The van der Waals surface area contributed by atoms with Gasteiger partial charge in [0, 0.05) is 19.3 Å². The van der Waals surface area contributed by atoms with Gasteiger partial charge in [0.15, 0.2) is 6.10 Å². The molecule has 6 nitrogen and oxygen atoms in total. The van der Waals surface area contributed by atoms with Crippen molar-refractivity contribution in [3.63, 3.8) is 0 Å². The minimum Gasteiger partial charge on any atom is -0.462 e. The van der Waals surface area contributed by atoms with Crippen molar-refractivity contribution in [2.45, 2.75) is 258 Å². The van der Waals surface area contributed by atoms with Gasteiger partial charge in [0.2, 0.25) is 0 Å². The van der Waals surface area contributed by atoms with E-state index in [1.165, 1.54) is 51.4 Å². The predicted molar refractivity (Wildman–Crippen MR) is 316 cm³/mol. The zero-order valence-electron chi connectivity index (χ0n) is 47.1. The zero-order valence-corrected chi connectivity index (χ0v) is 47.1. The maximum atomic E-state index is 12.8. The summed E-state index contributed by atoms with van der Waals surface area (Å²) in [7, 11) is 0. The molecule has 0 heterocycles. The van der Waals surface area contributed by atoms with Crippen LogP contribution in [0.2, 0.25) is 0 Å². The van der Waals surface area contributed by atoms with E-state index in [4.69, 9.17) is 14.2 Å². The highest BCUT2D eigenvalue weighted by Gasteiger charge is 2.19. The quantitative estimate of drug-likeness (QED) is 0.0261. The molecule has 0 N–H and O–H groups in total. The van der Waals surface area contributed by atoms with E-state index in [0.29, 0.717) is 19.3 Å². The molecule has 0 rings (SSSR count). The van der Waals surface area contributed by atoms with Gasteiger partial charge in [-0.2, -0.15) is 0 Å². The molecule has 0 spiro atoms. The van der Waals surface area contributed by atoms with Gasteiger partial charge >= 0.3 is 17.9 Å². The Bertz CT molecular complexity index is 1580. The van der Waals surface area contributed by atoms with Crippen molar-refractivity contribution in [1.29, 1.82) is 0 Å². The van der Waals surface area contributed by atoms with Crippen molar-refractivity contribution in [3.8, 4) is 0 Å². The Hall–Kier alpha value is -4.45. The second kappa shape index (κ2) is 60.1. The van der Waals surface area contributed by atoms with E-state index in [1.807, 2.05) is 0 Å². The van der Waals surface area contributed by atoms with Gasteiger partial charge in [-0.05, 0) is 128 Å². The van der Waals surface area contributed by atoms with Crippen LogP contribution in [0.4, 0.5) is 0 Å². The van der Waals surface area contributed by atoms with Crippen LogP contribution in [0.5, 0.6) is 0 Å². The monoisotopic (exact) mass is 1010 g/mol. The van der Waals surface area contributed by atoms with Crippen LogP contribution < -0.4 is 0 Å². The van der Waals surface area contributed by atoms with Crippen molar-refractivity contribution in [2.75, 3.05) is 13.2 Å². The number of allylic oxidation sites excluding steroid dienone is 22. The molecule has 0 bridgehead atoms. The molecule has 412 valence electrons. The first-order valence-electron chi connectivity index (χ1n) is 29.7. The van der Waals surface area contributed by atoms with Crippen molar-refractivity contribution >= 4 is 17.9 Å². The highest BCUT2D eigenvalue weighted by atomic mass is 16.6. The zero-order chi connectivity index (χ0) is 52.9. The minimum atomic E-state index is -0.799. The van der Waals surface area contributed by atoms with Gasteiger partial charge in [0.05, 0.1) is 0 Å². The smallest absolute Gasteiger partial charge is 0.306 e. The Labute approximate surface area is 449 Å². The van der Waals surface area contributed by atoms with Gasteiger partial charge in [0.1, 0.15) is 13.2 Å². The van der Waals surface area contributed by atoms with Crippen LogP contribution in [0, 0.1) is 0 Å². The molecule has 1 unspecified atom stereocenters. The summed E-state index contributed by atoms with van der Waals surface area (Å²) in [6.45, 7) is 6.34. The number of esters is 3. The van der Waals surface area contributed by atoms with Gasteiger partial charge in [-0.25, -0.2) is 0 Å². The summed E-state index contributed by atoms with van der Waals surface area (Å²) in [6, 6.07) is 0. The Balaban J connectivity index is 4.32. The second-order valence-corrected chi connectivity index (χ2v) is 19.1. The highest BCUT2D eigenvalue weighted by Crippen LogP contribution is 2.14. The van der Waals surface area contributed by atoms with Crippen LogP contribution in [-0.2, 0) is 28.6 Å². The van der Waals surface area contributed by atoms with Gasteiger partial charge < -0.3 is 14.2 Å². The minimum absolute atomic E-state index is 0.0965. The molecule has 73 heavy (non-hydrogen) atoms. The van der Waals surface area contributed by atoms with Crippen molar-refractivity contribution in [2.24, 2.45) is 0 Å². The third kappa shape index (κ3) is 58.3. The lowest BCUT2D eigenvalue weighted by Gasteiger charge is -2.18. The number of hydrogen-bond donors (Lipinski definition) is 0. The van der Waals surface area contributed by atoms with Gasteiger partial charge in [-0.15, -0.1) is 0 Å². The molecule has 0 aromatic carbocycles. The molecule has 0 aliphatic rings. The van der Waals surface area contributed by atoms with E-state index < -0.39 is 6.10 Å². The summed E-state index contributed by atoms with van der Waals surface area (Å²) in [6.07, 6.45) is 84.5. The summed E-state index contributed by atoms with van der Waals surface area (Å²) < 4.78 is 16.8. The first-order chi connectivity index (χ1) is 36.0. The van der Waals surface area contributed by atoms with Gasteiger partial charge in [-0.3, -0.25) is 14.4 Å². The summed E-state index contributed by atoms with van der Waals surface area (Å²) in [4.78, 5) is 38.1. The first kappa shape index (κ1) is 68.6. The number of ether oxygens (including phenoxy) is 3. The first-order valence-corrected chi connectivity index (χ1v) is 29.7. The summed E-state index contributed by atoms with van der Waals surface area (Å²) in [5, 5.41) is 0. The normalized spacial score (nSPS) is 13.1. The molecular weight excluding hydrogens is 901 g/mol. The SMILES string of the molecule is CC/C=C\C/C=C\C/C=C\C/C=C\C/C=C\C/C=C\C/C=C\CCCCCCCCCC(=O)OCC(COC(=O)CCCCCCC/C=C\CCCC)OC(=O)CCCCCCC/C=C\C/C=C\C/C=C\CC. The molecule has 0 fully saturated rings. The largest absolute Gasteiger partial charge is 0.462 e. The fourth-order valence-corrected chi connectivity index (χ4v) is 7.71. The fraction of sp³-hybridized carbons (Fsp3) is 0.627. The van der Waals surface area contributed by atoms with Crippen LogP contribution in [0.3, 0.4) is 0 Å². The molecule has 0 saturated carbocycles. The van der Waals surface area contributed by atoms with Crippen molar-refractivity contribution < 1.29 is 28.6 Å². The number of carbonyl (C=O) groups is 3. The number of rotatable bonds is 52. The van der Waals surface area contributed by atoms with Crippen LogP contribution in [0.25, 0.3) is 0 Å². The summed E-state index contributed by atoms with van der Waals surface area (Å²) >= 11 is 0. The van der Waals surface area contributed by atoms with Crippen LogP contribution >= 0.6 is 0 Å². The molecule has 0 aliphatic heterocycles. The van der Waals surface area contributed by atoms with Crippen LogP contribution in [-0.4, -0.2) is 37.2 Å². The van der Waals surface area contributed by atoms with Crippen molar-refractivity contribution in [3.05, 3.63) is 134 Å². The maximum Gasteiger partial charge on any atom is 0.306 e. The van der Waals surface area contributed by atoms with E-state index in [2.05, 4.69) is 154 Å². The average molecular weight is 1010 g/mol. The Kier molecular flexibility index (Phi) is 56.4. The molecule has 0 aromatic heterocycles. The van der Waals surface area contributed by atoms with E-state index in [9.17, 15) is 14.4 Å². The fourth-order valence-electron chi connectivity index (χ4n) is 7.71. The molecule has 1 atom stereocenters. The number of carbonyl (C=O) groups excluding carboxylic acids is 3. The van der Waals surface area contributed by atoms with Gasteiger partial charge in [0.25, 0.3) is 0 Å². The van der Waals surface area contributed by atoms with Crippen LogP contribution in [0.15, 0.2) is 134 Å². The molecule has 0 aromatic rings. The van der Waals surface area contributed by atoms with Crippen molar-refractivity contribution in [1.82, 2.24) is 0 Å². The third-order valence-electron chi connectivity index (χ3n) is 12.1. The molecular formula is C67H108O6. The standard InChI is InChI=1S/C67H108O6/c1-4-7-10-13-16-19-22-24-26-27-28-29-30-31-32-33-34-35-36-37-38-39-41-42-45-48-51-54-57-60-66(69)72-63-64(62-71-65(68)59-56-53-50-47-44-21-18-15-12-9-6-3)73-67(70)61-58-55-52-49-46-43-40-25-23-20-17-14-11-8-5-2/h7-8,10-11,15-20,24-26,28-29,31-32,34-35,37-38,40,64H,4-6,9,12-14,21-23,27,30,33,36,39,41-63H2,1-3H3/b10-7-,11-8-,18-15-,19-16-,20-17-,26-24-,29-28-,32-31-,35-34-,38-37-,40-25-. The molecule has 0 radical (unpaired) electrons. The second-order valence-electron chi connectivity index (χ2n) is 19.1. The van der Waals surface area contributed by atoms with Gasteiger partial charge in [-0.1, -0.05) is 238 Å². The molecule has 0 aliphatic carbocycles.